The number of hydrogen-bond acceptors (Lipinski definition) is 4. The molecular formula is C13H28O4. The van der Waals surface area contributed by atoms with Crippen LogP contribution in [0.15, 0.2) is 0 Å². The van der Waals surface area contributed by atoms with Gasteiger partial charge in [-0.05, 0) is 33.1 Å². The maximum Gasteiger partial charge on any atom is 0.0779 e. The summed E-state index contributed by atoms with van der Waals surface area (Å²) < 4.78 is 10.3. The van der Waals surface area contributed by atoms with E-state index in [1.165, 1.54) is 25.7 Å². The molecule has 1 aliphatic carbocycles. The van der Waals surface area contributed by atoms with Gasteiger partial charge < -0.3 is 19.7 Å². The Balaban J connectivity index is 0.000000302. The summed E-state index contributed by atoms with van der Waals surface area (Å²) in [5.41, 5.74) is 0. The molecule has 0 bridgehead atoms. The highest BCUT2D eigenvalue weighted by Crippen LogP contribution is 2.23. The van der Waals surface area contributed by atoms with Gasteiger partial charge in [-0.3, -0.25) is 0 Å². The molecule has 2 atom stereocenters. The first kappa shape index (κ1) is 16.8. The molecule has 0 aromatic rings. The fourth-order valence-corrected chi connectivity index (χ4v) is 0.985. The van der Waals surface area contributed by atoms with Crippen molar-refractivity contribution in [2.24, 2.45) is 0 Å². The summed E-state index contributed by atoms with van der Waals surface area (Å²) in [6.45, 7) is 6.87. The first-order valence-corrected chi connectivity index (χ1v) is 6.62. The van der Waals surface area contributed by atoms with Crippen LogP contribution in [0.25, 0.3) is 0 Å². The van der Waals surface area contributed by atoms with Gasteiger partial charge in [-0.1, -0.05) is 13.3 Å². The molecule has 2 N–H and O–H groups in total. The number of unbranched alkanes of at least 4 members (excludes halogenated alkanes) is 1. The van der Waals surface area contributed by atoms with Gasteiger partial charge in [0.1, 0.15) is 0 Å². The summed E-state index contributed by atoms with van der Waals surface area (Å²) >= 11 is 0. The summed E-state index contributed by atoms with van der Waals surface area (Å²) in [6, 6.07) is 0. The molecule has 0 heterocycles. The quantitative estimate of drug-likeness (QED) is 0.642. The van der Waals surface area contributed by atoms with Crippen molar-refractivity contribution >= 4 is 0 Å². The third-order valence-corrected chi connectivity index (χ3v) is 2.25. The van der Waals surface area contributed by atoms with Crippen molar-refractivity contribution in [1.82, 2.24) is 0 Å². The van der Waals surface area contributed by atoms with Gasteiger partial charge in [0.05, 0.1) is 31.5 Å². The molecule has 0 radical (unpaired) electrons. The van der Waals surface area contributed by atoms with Crippen LogP contribution in [0.3, 0.4) is 0 Å². The number of aliphatic hydroxyl groups excluding tert-OH is 2. The Labute approximate surface area is 105 Å². The first-order chi connectivity index (χ1) is 8.10. The third-order valence-electron chi connectivity index (χ3n) is 2.25. The van der Waals surface area contributed by atoms with Crippen LogP contribution < -0.4 is 0 Å². The second-order valence-electron chi connectivity index (χ2n) is 4.60. The van der Waals surface area contributed by atoms with Crippen LogP contribution >= 0.6 is 0 Å². The van der Waals surface area contributed by atoms with Gasteiger partial charge in [0.25, 0.3) is 0 Å². The predicted molar refractivity (Wildman–Crippen MR) is 68.1 cm³/mol. The van der Waals surface area contributed by atoms with E-state index in [4.69, 9.17) is 19.7 Å². The van der Waals surface area contributed by atoms with E-state index >= 15 is 0 Å². The fourth-order valence-electron chi connectivity index (χ4n) is 0.985. The van der Waals surface area contributed by atoms with Gasteiger partial charge >= 0.3 is 0 Å². The Morgan fingerprint density at radius 1 is 1.29 bits per heavy atom. The second kappa shape index (κ2) is 11.0. The standard InChI is InChI=1S/C7H14O.C6H14O3/c1-2-3-6-8-7-4-5-7;1-5(8)4-9-6(2)3-7/h7H,2-6H2,1H3;5-8H,3-4H2,1-2H3. The Morgan fingerprint density at radius 2 is 1.94 bits per heavy atom. The topological polar surface area (TPSA) is 58.9 Å². The molecule has 0 aliphatic heterocycles. The SMILES string of the molecule is CC(O)COC(C)CO.CCCCOC1CC1. The zero-order valence-electron chi connectivity index (χ0n) is 11.4. The third kappa shape index (κ3) is 13.8. The number of rotatable bonds is 8. The molecule has 0 aromatic heterocycles. The van der Waals surface area contributed by atoms with Crippen molar-refractivity contribution in [1.29, 1.82) is 0 Å². The molecule has 1 saturated carbocycles. The van der Waals surface area contributed by atoms with E-state index in [0.717, 1.165) is 6.61 Å². The average molecular weight is 248 g/mol. The Hall–Kier alpha value is -0.160. The van der Waals surface area contributed by atoms with Crippen molar-refractivity contribution in [2.45, 2.75) is 64.8 Å². The van der Waals surface area contributed by atoms with Crippen LogP contribution in [0.4, 0.5) is 0 Å². The summed E-state index contributed by atoms with van der Waals surface area (Å²) in [7, 11) is 0. The first-order valence-electron chi connectivity index (χ1n) is 6.62. The van der Waals surface area contributed by atoms with Crippen molar-refractivity contribution in [3.63, 3.8) is 0 Å². The number of ether oxygens (including phenoxy) is 2. The Kier molecular flexibility index (Phi) is 10.9. The zero-order chi connectivity index (χ0) is 13.1. The van der Waals surface area contributed by atoms with E-state index in [1.54, 1.807) is 13.8 Å². The molecule has 1 fully saturated rings. The van der Waals surface area contributed by atoms with Crippen LogP contribution in [0.2, 0.25) is 0 Å². The van der Waals surface area contributed by atoms with E-state index in [9.17, 15) is 0 Å². The Bertz CT molecular complexity index is 157. The van der Waals surface area contributed by atoms with Gasteiger partial charge in [0, 0.05) is 6.61 Å². The van der Waals surface area contributed by atoms with E-state index in [1.807, 2.05) is 0 Å². The lowest BCUT2D eigenvalue weighted by atomic mass is 10.4. The average Bonchev–Trinajstić information content (AvgIpc) is 3.11. The molecular weight excluding hydrogens is 220 g/mol. The minimum Gasteiger partial charge on any atom is -0.394 e. The van der Waals surface area contributed by atoms with E-state index in [-0.39, 0.29) is 12.7 Å². The minimum atomic E-state index is -0.445. The highest BCUT2D eigenvalue weighted by atomic mass is 16.5. The Morgan fingerprint density at radius 3 is 2.35 bits per heavy atom. The van der Waals surface area contributed by atoms with Gasteiger partial charge in [-0.15, -0.1) is 0 Å². The van der Waals surface area contributed by atoms with Crippen LogP contribution in [0, 0.1) is 0 Å². The van der Waals surface area contributed by atoms with Crippen LogP contribution in [0.5, 0.6) is 0 Å². The zero-order valence-corrected chi connectivity index (χ0v) is 11.4. The molecule has 1 aliphatic rings. The summed E-state index contributed by atoms with van der Waals surface area (Å²) in [5.74, 6) is 0. The van der Waals surface area contributed by atoms with E-state index in [2.05, 4.69) is 6.92 Å². The van der Waals surface area contributed by atoms with Gasteiger partial charge in [0.2, 0.25) is 0 Å². The predicted octanol–water partition coefficient (Wildman–Crippen LogP) is 1.73. The maximum atomic E-state index is 8.69. The summed E-state index contributed by atoms with van der Waals surface area (Å²) in [6.07, 6.45) is 5.15. The maximum absolute atomic E-state index is 8.69. The van der Waals surface area contributed by atoms with Crippen molar-refractivity contribution in [3.05, 3.63) is 0 Å². The monoisotopic (exact) mass is 248 g/mol. The van der Waals surface area contributed by atoms with Crippen molar-refractivity contribution in [2.75, 3.05) is 19.8 Å². The molecule has 1 rings (SSSR count). The number of hydrogen-bond donors (Lipinski definition) is 2. The van der Waals surface area contributed by atoms with Gasteiger partial charge in [-0.2, -0.15) is 0 Å². The van der Waals surface area contributed by atoms with E-state index in [0.29, 0.717) is 12.7 Å². The molecule has 4 heteroatoms. The molecule has 0 saturated heterocycles. The van der Waals surface area contributed by atoms with Crippen molar-refractivity contribution < 1.29 is 19.7 Å². The molecule has 0 aromatic carbocycles. The molecule has 0 amide bonds. The fraction of sp³-hybridized carbons (Fsp3) is 1.00. The van der Waals surface area contributed by atoms with Crippen molar-refractivity contribution in [3.8, 4) is 0 Å². The lowest BCUT2D eigenvalue weighted by Crippen LogP contribution is -2.19. The molecule has 17 heavy (non-hydrogen) atoms. The highest BCUT2D eigenvalue weighted by molar-refractivity contribution is 4.72. The largest absolute Gasteiger partial charge is 0.394 e. The molecule has 2 unspecified atom stereocenters. The minimum absolute atomic E-state index is 0.00667. The molecule has 104 valence electrons. The van der Waals surface area contributed by atoms with Gasteiger partial charge in [-0.25, -0.2) is 0 Å². The highest BCUT2D eigenvalue weighted by Gasteiger charge is 2.21. The lowest BCUT2D eigenvalue weighted by molar-refractivity contribution is -0.0177. The van der Waals surface area contributed by atoms with Gasteiger partial charge in [0.15, 0.2) is 0 Å². The van der Waals surface area contributed by atoms with Crippen LogP contribution in [-0.2, 0) is 9.47 Å². The molecule has 0 spiro atoms. The number of aliphatic hydroxyl groups is 2. The summed E-state index contributed by atoms with van der Waals surface area (Å²) in [5, 5.41) is 17.1. The lowest BCUT2D eigenvalue weighted by Gasteiger charge is -2.10. The normalized spacial score (nSPS) is 18.2. The second-order valence-corrected chi connectivity index (χ2v) is 4.60. The van der Waals surface area contributed by atoms with E-state index < -0.39 is 6.10 Å². The smallest absolute Gasteiger partial charge is 0.0779 e. The summed E-state index contributed by atoms with van der Waals surface area (Å²) in [4.78, 5) is 0. The molecule has 4 nitrogen and oxygen atoms in total. The van der Waals surface area contributed by atoms with Crippen LogP contribution in [-0.4, -0.2) is 48.3 Å². The van der Waals surface area contributed by atoms with Crippen LogP contribution in [0.1, 0.15) is 46.5 Å².